The van der Waals surface area contributed by atoms with E-state index in [0.29, 0.717) is 6.42 Å². The molecule has 1 fully saturated rings. The van der Waals surface area contributed by atoms with Crippen LogP contribution in [-0.4, -0.2) is 42.8 Å². The fourth-order valence-corrected chi connectivity index (χ4v) is 1.34. The molecule has 0 aliphatic carbocycles. The van der Waals surface area contributed by atoms with Gasteiger partial charge in [0.15, 0.2) is 0 Å². The minimum absolute atomic E-state index is 0.225. The smallest absolute Gasteiger partial charge is 0.250 e. The highest BCUT2D eigenvalue weighted by Crippen LogP contribution is 2.11. The Labute approximate surface area is 80.3 Å². The SMILES string of the molecule is CN1C(=O)CCC(NCC(F)F)C1=O. The van der Waals surface area contributed by atoms with Crippen molar-refractivity contribution >= 4 is 11.8 Å². The van der Waals surface area contributed by atoms with E-state index in [-0.39, 0.29) is 12.3 Å². The molecule has 1 rings (SSSR count). The monoisotopic (exact) mass is 206 g/mol. The normalized spacial score (nSPS) is 23.4. The number of likely N-dealkylation sites (tertiary alicyclic amines) is 1. The molecule has 1 aliphatic heterocycles. The molecule has 1 atom stereocenters. The lowest BCUT2D eigenvalue weighted by atomic mass is 10.0. The first-order valence-corrected chi connectivity index (χ1v) is 4.34. The van der Waals surface area contributed by atoms with Crippen molar-refractivity contribution in [1.82, 2.24) is 10.2 Å². The molecular weight excluding hydrogens is 194 g/mol. The topological polar surface area (TPSA) is 49.4 Å². The van der Waals surface area contributed by atoms with Crippen molar-refractivity contribution in [2.45, 2.75) is 25.3 Å². The predicted molar refractivity (Wildman–Crippen MR) is 44.8 cm³/mol. The van der Waals surface area contributed by atoms with Gasteiger partial charge in [0.1, 0.15) is 0 Å². The molecule has 6 heteroatoms. The quantitative estimate of drug-likeness (QED) is 0.661. The zero-order valence-electron chi connectivity index (χ0n) is 7.80. The van der Waals surface area contributed by atoms with Gasteiger partial charge in [-0.25, -0.2) is 8.78 Å². The van der Waals surface area contributed by atoms with E-state index in [1.807, 2.05) is 0 Å². The molecule has 1 saturated heterocycles. The Kier molecular flexibility index (Phi) is 3.51. The fraction of sp³-hybridized carbons (Fsp3) is 0.750. The predicted octanol–water partition coefficient (Wildman–Crippen LogP) is -0.0115. The zero-order valence-corrected chi connectivity index (χ0v) is 7.80. The molecule has 4 nitrogen and oxygen atoms in total. The van der Waals surface area contributed by atoms with Crippen LogP contribution in [-0.2, 0) is 9.59 Å². The molecule has 0 aromatic rings. The van der Waals surface area contributed by atoms with E-state index < -0.39 is 24.9 Å². The summed E-state index contributed by atoms with van der Waals surface area (Å²) < 4.78 is 23.7. The molecule has 1 heterocycles. The summed E-state index contributed by atoms with van der Waals surface area (Å²) in [7, 11) is 1.36. The van der Waals surface area contributed by atoms with Gasteiger partial charge < -0.3 is 5.32 Å². The third kappa shape index (κ3) is 2.47. The van der Waals surface area contributed by atoms with Gasteiger partial charge in [0.2, 0.25) is 11.8 Å². The summed E-state index contributed by atoms with van der Waals surface area (Å²) >= 11 is 0. The molecule has 1 aliphatic rings. The molecule has 1 unspecified atom stereocenters. The van der Waals surface area contributed by atoms with Gasteiger partial charge in [-0.05, 0) is 6.42 Å². The summed E-state index contributed by atoms with van der Waals surface area (Å²) in [5.41, 5.74) is 0. The average molecular weight is 206 g/mol. The van der Waals surface area contributed by atoms with E-state index in [2.05, 4.69) is 5.32 Å². The van der Waals surface area contributed by atoms with Crippen LogP contribution in [0.2, 0.25) is 0 Å². The van der Waals surface area contributed by atoms with E-state index in [4.69, 9.17) is 0 Å². The summed E-state index contributed by atoms with van der Waals surface area (Å²) in [6, 6.07) is -0.647. The van der Waals surface area contributed by atoms with Gasteiger partial charge in [0, 0.05) is 13.5 Å². The molecule has 14 heavy (non-hydrogen) atoms. The van der Waals surface area contributed by atoms with Crippen molar-refractivity contribution in [3.8, 4) is 0 Å². The van der Waals surface area contributed by atoms with E-state index in [9.17, 15) is 18.4 Å². The second-order valence-electron chi connectivity index (χ2n) is 3.18. The van der Waals surface area contributed by atoms with Crippen LogP contribution in [0.3, 0.4) is 0 Å². The van der Waals surface area contributed by atoms with Crippen LogP contribution in [0, 0.1) is 0 Å². The summed E-state index contributed by atoms with van der Waals surface area (Å²) in [5, 5.41) is 2.43. The highest BCUT2D eigenvalue weighted by atomic mass is 19.3. The van der Waals surface area contributed by atoms with Crippen molar-refractivity contribution in [1.29, 1.82) is 0 Å². The molecule has 0 saturated carbocycles. The van der Waals surface area contributed by atoms with Crippen LogP contribution < -0.4 is 5.32 Å². The molecule has 1 N–H and O–H groups in total. The van der Waals surface area contributed by atoms with E-state index >= 15 is 0 Å². The number of nitrogens with zero attached hydrogens (tertiary/aromatic N) is 1. The Morgan fingerprint density at radius 2 is 2.21 bits per heavy atom. The molecule has 80 valence electrons. The van der Waals surface area contributed by atoms with Crippen LogP contribution in [0.5, 0.6) is 0 Å². The first-order chi connectivity index (χ1) is 6.52. The van der Waals surface area contributed by atoms with Crippen molar-refractivity contribution in [2.75, 3.05) is 13.6 Å². The number of piperidine rings is 1. The number of nitrogens with one attached hydrogen (secondary N) is 1. The first-order valence-electron chi connectivity index (χ1n) is 4.34. The lowest BCUT2D eigenvalue weighted by Gasteiger charge is -2.28. The highest BCUT2D eigenvalue weighted by Gasteiger charge is 2.31. The van der Waals surface area contributed by atoms with Crippen molar-refractivity contribution in [3.05, 3.63) is 0 Å². The largest absolute Gasteiger partial charge is 0.300 e. The first kappa shape index (κ1) is 11.0. The van der Waals surface area contributed by atoms with Crippen LogP contribution in [0.4, 0.5) is 8.78 Å². The fourth-order valence-electron chi connectivity index (χ4n) is 1.34. The third-order valence-corrected chi connectivity index (χ3v) is 2.17. The number of hydrogen-bond acceptors (Lipinski definition) is 3. The standard InChI is InChI=1S/C8H12F2N2O2/c1-12-7(13)3-2-5(8(12)14)11-4-6(9)10/h5-6,11H,2-4H2,1H3. The van der Waals surface area contributed by atoms with Gasteiger partial charge in [-0.3, -0.25) is 14.5 Å². The van der Waals surface area contributed by atoms with Crippen LogP contribution >= 0.6 is 0 Å². The molecule has 0 radical (unpaired) electrons. The number of amides is 2. The number of carbonyl (C=O) groups excluding carboxylic acids is 2. The van der Waals surface area contributed by atoms with Gasteiger partial charge in [-0.15, -0.1) is 0 Å². The Hall–Kier alpha value is -1.04. The number of rotatable bonds is 3. The second kappa shape index (κ2) is 4.45. The third-order valence-electron chi connectivity index (χ3n) is 2.17. The van der Waals surface area contributed by atoms with Crippen LogP contribution in [0.25, 0.3) is 0 Å². The highest BCUT2D eigenvalue weighted by molar-refractivity contribution is 6.00. The zero-order chi connectivity index (χ0) is 10.7. The number of alkyl halides is 2. The lowest BCUT2D eigenvalue weighted by molar-refractivity contribution is -0.148. The number of halogens is 2. The van der Waals surface area contributed by atoms with Gasteiger partial charge in [0.05, 0.1) is 12.6 Å². The van der Waals surface area contributed by atoms with E-state index in [1.165, 1.54) is 7.05 Å². The minimum Gasteiger partial charge on any atom is -0.300 e. The molecule has 0 aromatic heterocycles. The lowest BCUT2D eigenvalue weighted by Crippen LogP contribution is -2.52. The molecular formula is C8H12F2N2O2. The summed E-state index contributed by atoms with van der Waals surface area (Å²) in [6.07, 6.45) is -1.96. The van der Waals surface area contributed by atoms with E-state index in [0.717, 1.165) is 4.90 Å². The second-order valence-corrected chi connectivity index (χ2v) is 3.18. The van der Waals surface area contributed by atoms with E-state index in [1.54, 1.807) is 0 Å². The number of carbonyl (C=O) groups is 2. The van der Waals surface area contributed by atoms with Crippen LogP contribution in [0.15, 0.2) is 0 Å². The van der Waals surface area contributed by atoms with Crippen molar-refractivity contribution in [2.24, 2.45) is 0 Å². The Balaban J connectivity index is 2.47. The van der Waals surface area contributed by atoms with Crippen molar-refractivity contribution in [3.63, 3.8) is 0 Å². The van der Waals surface area contributed by atoms with Gasteiger partial charge >= 0.3 is 0 Å². The maximum Gasteiger partial charge on any atom is 0.250 e. The Morgan fingerprint density at radius 3 is 2.79 bits per heavy atom. The maximum absolute atomic E-state index is 11.8. The number of hydrogen-bond donors (Lipinski definition) is 1. The maximum atomic E-state index is 11.8. The van der Waals surface area contributed by atoms with Gasteiger partial charge in [-0.1, -0.05) is 0 Å². The minimum atomic E-state index is -2.48. The van der Waals surface area contributed by atoms with Crippen LogP contribution in [0.1, 0.15) is 12.8 Å². The van der Waals surface area contributed by atoms with Crippen molar-refractivity contribution < 1.29 is 18.4 Å². The number of imide groups is 1. The summed E-state index contributed by atoms with van der Waals surface area (Å²) in [6.45, 7) is -0.515. The Morgan fingerprint density at radius 1 is 1.57 bits per heavy atom. The summed E-state index contributed by atoms with van der Waals surface area (Å²) in [4.78, 5) is 23.3. The molecule has 0 bridgehead atoms. The van der Waals surface area contributed by atoms with Gasteiger partial charge in [0.25, 0.3) is 6.43 Å². The van der Waals surface area contributed by atoms with Gasteiger partial charge in [-0.2, -0.15) is 0 Å². The molecule has 0 spiro atoms. The molecule has 0 aromatic carbocycles. The Bertz CT molecular complexity index is 245. The average Bonchev–Trinajstić information content (AvgIpc) is 2.13. The summed E-state index contributed by atoms with van der Waals surface area (Å²) in [5.74, 6) is -0.688. The number of likely N-dealkylation sites (N-methyl/N-ethyl adjacent to an activating group) is 1. The molecule has 2 amide bonds.